The minimum absolute atomic E-state index is 0.00203. The molecule has 5 N–H and O–H groups in total. The molecule has 3 aromatic heterocycles. The maximum Gasteiger partial charge on any atom is 0.433 e. The molecule has 1 saturated carbocycles. The largest absolute Gasteiger partial charge is 0.433 e. The summed E-state index contributed by atoms with van der Waals surface area (Å²) in [4.78, 5) is 7.76. The number of nitrogens with two attached hydrogens (primary N) is 1. The van der Waals surface area contributed by atoms with Gasteiger partial charge in [-0.25, -0.2) is 15.1 Å². The Hall–Kier alpha value is -2.85. The number of halogens is 3. The van der Waals surface area contributed by atoms with E-state index in [4.69, 9.17) is 5.14 Å². The quantitative estimate of drug-likeness (QED) is 0.388. The second-order valence-corrected chi connectivity index (χ2v) is 8.76. The van der Waals surface area contributed by atoms with E-state index in [9.17, 15) is 31.8 Å². The summed E-state index contributed by atoms with van der Waals surface area (Å²) in [7, 11) is -4.21. The molecular weight excluding hydrogens is 469 g/mol. The van der Waals surface area contributed by atoms with Crippen molar-refractivity contribution < 1.29 is 36.0 Å². The zero-order valence-electron chi connectivity index (χ0n) is 16.7. The fourth-order valence-electron chi connectivity index (χ4n) is 3.67. The van der Waals surface area contributed by atoms with Gasteiger partial charge in [-0.05, 0) is 24.6 Å². The lowest BCUT2D eigenvalue weighted by molar-refractivity contribution is -0.141. The van der Waals surface area contributed by atoms with E-state index in [0.29, 0.717) is 11.5 Å². The van der Waals surface area contributed by atoms with E-state index < -0.39 is 52.9 Å². The molecule has 0 aromatic carbocycles. The number of rotatable bonds is 6. The lowest BCUT2D eigenvalue weighted by Gasteiger charge is -2.19. The van der Waals surface area contributed by atoms with Crippen molar-refractivity contribution in [2.45, 2.75) is 30.8 Å². The lowest BCUT2D eigenvalue weighted by Crippen LogP contribution is -2.36. The highest BCUT2D eigenvalue weighted by atomic mass is 32.2. The Bertz CT molecular complexity index is 1270. The van der Waals surface area contributed by atoms with Crippen molar-refractivity contribution in [2.75, 3.05) is 11.9 Å². The first-order valence-electron chi connectivity index (χ1n) is 9.61. The van der Waals surface area contributed by atoms with Gasteiger partial charge in [0.15, 0.2) is 5.65 Å². The van der Waals surface area contributed by atoms with Crippen LogP contribution >= 0.6 is 0 Å². The third kappa shape index (κ3) is 5.06. The normalized spacial score (nSPS) is 23.8. The van der Waals surface area contributed by atoms with E-state index in [1.807, 2.05) is 0 Å². The van der Waals surface area contributed by atoms with Gasteiger partial charge in [0.1, 0.15) is 23.3 Å². The van der Waals surface area contributed by atoms with Crippen LogP contribution in [0.4, 0.5) is 19.0 Å². The molecular formula is C18H19F3N6O5S. The number of hydrogen-bond donors (Lipinski definition) is 4. The molecule has 0 spiro atoms. The van der Waals surface area contributed by atoms with Crippen LogP contribution in [0.25, 0.3) is 17.0 Å². The molecule has 0 bridgehead atoms. The molecule has 4 atom stereocenters. The molecule has 1 aliphatic rings. The molecule has 178 valence electrons. The average molecular weight is 488 g/mol. The number of fused-ring (bicyclic) bond motifs is 1. The maximum atomic E-state index is 13.0. The van der Waals surface area contributed by atoms with Crippen LogP contribution in [0.2, 0.25) is 0 Å². The topological polar surface area (TPSA) is 165 Å². The Morgan fingerprint density at radius 3 is 2.67 bits per heavy atom. The van der Waals surface area contributed by atoms with Gasteiger partial charge in [-0.15, -0.1) is 0 Å². The highest BCUT2D eigenvalue weighted by Gasteiger charge is 2.42. The summed E-state index contributed by atoms with van der Waals surface area (Å²) in [5.74, 6) is -0.377. The van der Waals surface area contributed by atoms with Gasteiger partial charge in [-0.2, -0.15) is 31.2 Å². The summed E-state index contributed by atoms with van der Waals surface area (Å²) in [6.07, 6.45) is -5.57. The summed E-state index contributed by atoms with van der Waals surface area (Å²) in [5, 5.41) is 32.7. The molecule has 3 heterocycles. The van der Waals surface area contributed by atoms with Crippen LogP contribution in [0.3, 0.4) is 0 Å². The molecule has 15 heteroatoms. The molecule has 0 saturated heterocycles. The lowest BCUT2D eigenvalue weighted by atomic mass is 10.1. The number of nitrogens with zero attached hydrogens (tertiary/aromatic N) is 4. The SMILES string of the molecule is NS(=O)(=O)OCC1CC(Nc2ccnc3cc(-c4cccc(C(F)(F)F)n4)nn23)C(O)C1O. The monoisotopic (exact) mass is 488 g/mol. The minimum Gasteiger partial charge on any atom is -0.390 e. The summed E-state index contributed by atoms with van der Waals surface area (Å²) in [6.45, 7) is -0.409. The molecule has 4 rings (SSSR count). The molecule has 3 aromatic rings. The molecule has 11 nitrogen and oxygen atoms in total. The van der Waals surface area contributed by atoms with Gasteiger partial charge in [0, 0.05) is 18.2 Å². The van der Waals surface area contributed by atoms with Crippen molar-refractivity contribution in [3.8, 4) is 11.4 Å². The zero-order chi connectivity index (χ0) is 24.0. The highest BCUT2D eigenvalue weighted by molar-refractivity contribution is 7.84. The van der Waals surface area contributed by atoms with Crippen LogP contribution < -0.4 is 10.5 Å². The van der Waals surface area contributed by atoms with E-state index in [0.717, 1.165) is 6.07 Å². The summed E-state index contributed by atoms with van der Waals surface area (Å²) in [5.41, 5.74) is -0.609. The van der Waals surface area contributed by atoms with Crippen LogP contribution in [0.15, 0.2) is 36.5 Å². The van der Waals surface area contributed by atoms with Crippen molar-refractivity contribution in [1.29, 1.82) is 0 Å². The van der Waals surface area contributed by atoms with Gasteiger partial charge < -0.3 is 15.5 Å². The second kappa shape index (κ2) is 8.49. The molecule has 1 aliphatic carbocycles. The second-order valence-electron chi connectivity index (χ2n) is 7.54. The van der Waals surface area contributed by atoms with E-state index in [2.05, 4.69) is 24.6 Å². The van der Waals surface area contributed by atoms with E-state index in [1.54, 1.807) is 0 Å². The number of alkyl halides is 3. The van der Waals surface area contributed by atoms with Crippen molar-refractivity contribution in [1.82, 2.24) is 19.6 Å². The summed E-state index contributed by atoms with van der Waals surface area (Å²) < 4.78 is 66.8. The third-order valence-corrected chi connectivity index (χ3v) is 5.71. The number of aliphatic hydroxyl groups is 2. The molecule has 33 heavy (non-hydrogen) atoms. The minimum atomic E-state index is -4.61. The van der Waals surface area contributed by atoms with Crippen molar-refractivity contribution in [3.05, 3.63) is 42.2 Å². The fraction of sp³-hybridized carbons (Fsp3) is 0.389. The molecule has 0 amide bonds. The number of hydrogen-bond acceptors (Lipinski definition) is 9. The predicted octanol–water partition coefficient (Wildman–Crippen LogP) is 0.552. The van der Waals surface area contributed by atoms with Crippen LogP contribution in [0, 0.1) is 5.92 Å². The Morgan fingerprint density at radius 2 is 1.97 bits per heavy atom. The van der Waals surface area contributed by atoms with Crippen molar-refractivity contribution in [2.24, 2.45) is 11.1 Å². The van der Waals surface area contributed by atoms with E-state index in [-0.39, 0.29) is 17.8 Å². The van der Waals surface area contributed by atoms with Gasteiger partial charge in [-0.3, -0.25) is 4.18 Å². The van der Waals surface area contributed by atoms with E-state index in [1.165, 1.54) is 35.0 Å². The van der Waals surface area contributed by atoms with Crippen LogP contribution in [-0.4, -0.2) is 63.1 Å². The maximum absolute atomic E-state index is 13.0. The first kappa shape index (κ1) is 23.3. The number of aromatic nitrogens is 4. The van der Waals surface area contributed by atoms with Crippen LogP contribution in [0.1, 0.15) is 12.1 Å². The van der Waals surface area contributed by atoms with E-state index >= 15 is 0 Å². The Morgan fingerprint density at radius 1 is 1.21 bits per heavy atom. The first-order valence-corrected chi connectivity index (χ1v) is 11.1. The fourth-order valence-corrected chi connectivity index (χ4v) is 4.03. The number of pyridine rings is 1. The zero-order valence-corrected chi connectivity index (χ0v) is 17.5. The van der Waals surface area contributed by atoms with Gasteiger partial charge in [0.2, 0.25) is 0 Å². The van der Waals surface area contributed by atoms with Crippen LogP contribution in [0.5, 0.6) is 0 Å². The van der Waals surface area contributed by atoms with Crippen molar-refractivity contribution in [3.63, 3.8) is 0 Å². The smallest absolute Gasteiger partial charge is 0.390 e. The standard InChI is InChI=1S/C18H19F3N6O5S/c19-18(20,21)13-3-1-2-10(24-13)11-7-15-23-5-4-14(27(15)26-11)25-12-6-9(16(28)17(12)29)8-32-33(22,30)31/h1-5,7,9,12,16-17,25,28-29H,6,8H2,(H2,22,30,31). The number of aliphatic hydroxyl groups excluding tert-OH is 2. The Balaban J connectivity index is 1.58. The third-order valence-electron chi connectivity index (χ3n) is 5.24. The van der Waals surface area contributed by atoms with Gasteiger partial charge in [0.05, 0.1) is 24.4 Å². The molecule has 4 unspecified atom stereocenters. The Labute approximate surface area is 185 Å². The van der Waals surface area contributed by atoms with Crippen LogP contribution in [-0.2, 0) is 20.7 Å². The highest BCUT2D eigenvalue weighted by Crippen LogP contribution is 2.31. The Kier molecular flexibility index (Phi) is 6.00. The number of anilines is 1. The van der Waals surface area contributed by atoms with Gasteiger partial charge in [-0.1, -0.05) is 6.07 Å². The predicted molar refractivity (Wildman–Crippen MR) is 108 cm³/mol. The molecule has 1 fully saturated rings. The van der Waals surface area contributed by atoms with Gasteiger partial charge >= 0.3 is 16.5 Å². The van der Waals surface area contributed by atoms with Crippen molar-refractivity contribution >= 4 is 21.8 Å². The first-order chi connectivity index (χ1) is 15.4. The molecule has 0 aliphatic heterocycles. The average Bonchev–Trinajstić information content (AvgIpc) is 3.29. The summed E-state index contributed by atoms with van der Waals surface area (Å²) in [6, 6.07) is 5.73. The number of nitrogens with one attached hydrogen (secondary N) is 1. The van der Waals surface area contributed by atoms with Gasteiger partial charge in [0.25, 0.3) is 0 Å². The summed E-state index contributed by atoms with van der Waals surface area (Å²) >= 11 is 0. The molecule has 0 radical (unpaired) electrons.